The number of nitrogens with one attached hydrogen (secondary N) is 3. The van der Waals surface area contributed by atoms with Gasteiger partial charge >= 0.3 is 5.97 Å². The summed E-state index contributed by atoms with van der Waals surface area (Å²) in [4.78, 5) is 46.1. The van der Waals surface area contributed by atoms with Gasteiger partial charge in [-0.1, -0.05) is 25.1 Å². The van der Waals surface area contributed by atoms with Crippen LogP contribution in [0.4, 0.5) is 5.95 Å². The summed E-state index contributed by atoms with van der Waals surface area (Å²) in [5.74, 6) is -1.67. The number of nitrogens with zero attached hydrogens (tertiary/aromatic N) is 2. The number of carbonyl (C=O) groups is 3. The average Bonchev–Trinajstić information content (AvgIpc) is 3.39. The van der Waals surface area contributed by atoms with E-state index in [2.05, 4.69) is 25.9 Å². The molecule has 0 aliphatic carbocycles. The first-order valence-corrected chi connectivity index (χ1v) is 12.4. The Labute approximate surface area is 212 Å². The predicted octanol–water partition coefficient (Wildman–Crippen LogP) is 2.77. The molecule has 0 saturated heterocycles. The quantitative estimate of drug-likeness (QED) is 0.233. The van der Waals surface area contributed by atoms with Gasteiger partial charge in [-0.25, -0.2) is 14.8 Å². The smallest absolute Gasteiger partial charge is 0.328 e. The molecule has 0 unspecified atom stereocenters. The van der Waals surface area contributed by atoms with Crippen LogP contribution in [-0.4, -0.2) is 57.1 Å². The van der Waals surface area contributed by atoms with Crippen molar-refractivity contribution in [2.24, 2.45) is 0 Å². The fourth-order valence-corrected chi connectivity index (χ4v) is 4.23. The molecule has 2 heterocycles. The van der Waals surface area contributed by atoms with Gasteiger partial charge in [0, 0.05) is 13.1 Å². The summed E-state index contributed by atoms with van der Waals surface area (Å²) < 4.78 is 0. The monoisotopic (exact) mass is 511 g/mol. The van der Waals surface area contributed by atoms with Gasteiger partial charge < -0.3 is 26.2 Å². The summed E-state index contributed by atoms with van der Waals surface area (Å²) >= 11 is 1.24. The summed E-state index contributed by atoms with van der Waals surface area (Å²) in [5.41, 5.74) is 2.15. The molecule has 1 aromatic carbocycles. The summed E-state index contributed by atoms with van der Waals surface area (Å²) in [6, 6.07) is 9.13. The number of phenolic OH excluding ortho intramolecular Hbond substituents is 1. The Morgan fingerprint density at radius 3 is 2.58 bits per heavy atom. The minimum Gasteiger partial charge on any atom is -0.508 e. The SMILES string of the molecule is CCc1nc(NCCCc2cccc(O)c2)nc(C)c1C(=O)N[C@@H](CNC(=O)c1cccs1)C(=O)O. The number of carboxylic acid groups (broad SMARTS) is 1. The Kier molecular flexibility index (Phi) is 9.34. The maximum atomic E-state index is 13.0. The van der Waals surface area contributed by atoms with Crippen LogP contribution in [0.3, 0.4) is 0 Å². The standard InChI is InChI=1S/C25H29N5O5S/c1-3-18-21(23(33)29-19(24(34)35)14-27-22(32)20-10-6-12-36-20)15(2)28-25(30-18)26-11-5-8-16-7-4-9-17(31)13-16/h4,6-7,9-10,12-13,19,31H,3,5,8,11,14H2,1-2H3,(H,27,32)(H,29,33)(H,34,35)(H,26,28,30)/t19-/m0/s1. The van der Waals surface area contributed by atoms with Crippen LogP contribution >= 0.6 is 11.3 Å². The number of hydrogen-bond acceptors (Lipinski definition) is 8. The lowest BCUT2D eigenvalue weighted by molar-refractivity contribution is -0.139. The molecule has 0 aliphatic rings. The van der Waals surface area contributed by atoms with Gasteiger partial charge in [-0.05, 0) is 55.3 Å². The van der Waals surface area contributed by atoms with Crippen LogP contribution in [0, 0.1) is 6.92 Å². The Morgan fingerprint density at radius 2 is 1.92 bits per heavy atom. The second-order valence-corrected chi connectivity index (χ2v) is 9.01. The molecule has 0 radical (unpaired) electrons. The molecule has 3 aromatic rings. The molecule has 11 heteroatoms. The highest BCUT2D eigenvalue weighted by atomic mass is 32.1. The number of benzene rings is 1. The summed E-state index contributed by atoms with van der Waals surface area (Å²) in [6.45, 7) is 3.84. The minimum absolute atomic E-state index is 0.221. The van der Waals surface area contributed by atoms with Crippen LogP contribution in [0.5, 0.6) is 5.75 Å². The molecule has 3 rings (SSSR count). The molecule has 0 aliphatic heterocycles. The minimum atomic E-state index is -1.32. The van der Waals surface area contributed by atoms with Crippen LogP contribution in [0.2, 0.25) is 0 Å². The van der Waals surface area contributed by atoms with E-state index >= 15 is 0 Å². The van der Waals surface area contributed by atoms with E-state index in [9.17, 15) is 24.6 Å². The highest BCUT2D eigenvalue weighted by Crippen LogP contribution is 2.16. The Bertz CT molecular complexity index is 1220. The lowest BCUT2D eigenvalue weighted by Gasteiger charge is -2.18. The van der Waals surface area contributed by atoms with Crippen molar-refractivity contribution in [2.45, 2.75) is 39.2 Å². The number of thiophene rings is 1. The number of carbonyl (C=O) groups excluding carboxylic acids is 2. The summed E-state index contributed by atoms with van der Waals surface area (Å²) in [7, 11) is 0. The molecule has 190 valence electrons. The van der Waals surface area contributed by atoms with E-state index in [0.29, 0.717) is 35.2 Å². The molecular weight excluding hydrogens is 482 g/mol. The van der Waals surface area contributed by atoms with E-state index in [1.54, 1.807) is 42.6 Å². The highest BCUT2D eigenvalue weighted by molar-refractivity contribution is 7.12. The first-order valence-electron chi connectivity index (χ1n) is 11.5. The van der Waals surface area contributed by atoms with Crippen molar-refractivity contribution in [2.75, 3.05) is 18.4 Å². The van der Waals surface area contributed by atoms with Crippen molar-refractivity contribution in [3.63, 3.8) is 0 Å². The van der Waals surface area contributed by atoms with E-state index < -0.39 is 23.8 Å². The third kappa shape index (κ3) is 7.25. The second-order valence-electron chi connectivity index (χ2n) is 8.06. The van der Waals surface area contributed by atoms with Gasteiger partial charge in [0.05, 0.1) is 21.8 Å². The largest absolute Gasteiger partial charge is 0.508 e. The highest BCUT2D eigenvalue weighted by Gasteiger charge is 2.25. The van der Waals surface area contributed by atoms with Gasteiger partial charge in [0.1, 0.15) is 11.8 Å². The van der Waals surface area contributed by atoms with Gasteiger partial charge in [-0.2, -0.15) is 0 Å². The van der Waals surface area contributed by atoms with Gasteiger partial charge in [0.2, 0.25) is 5.95 Å². The van der Waals surface area contributed by atoms with Crippen LogP contribution in [-0.2, 0) is 17.6 Å². The molecule has 36 heavy (non-hydrogen) atoms. The van der Waals surface area contributed by atoms with E-state index in [1.165, 1.54) is 11.3 Å². The van der Waals surface area contributed by atoms with Crippen LogP contribution in [0.15, 0.2) is 41.8 Å². The third-order valence-corrected chi connectivity index (χ3v) is 6.25. The van der Waals surface area contributed by atoms with Gasteiger partial charge in [0.15, 0.2) is 0 Å². The van der Waals surface area contributed by atoms with Crippen LogP contribution in [0.1, 0.15) is 50.3 Å². The zero-order chi connectivity index (χ0) is 26.1. The van der Waals surface area contributed by atoms with Crippen molar-refractivity contribution in [1.82, 2.24) is 20.6 Å². The normalized spacial score (nSPS) is 11.5. The number of phenols is 1. The molecule has 0 spiro atoms. The second kappa shape index (κ2) is 12.6. The molecular formula is C25H29N5O5S. The van der Waals surface area contributed by atoms with Gasteiger partial charge in [-0.15, -0.1) is 11.3 Å². The fourth-order valence-electron chi connectivity index (χ4n) is 3.59. The Balaban J connectivity index is 1.61. The number of hydrogen-bond donors (Lipinski definition) is 5. The molecule has 2 amide bonds. The first kappa shape index (κ1) is 26.6. The number of anilines is 1. The third-order valence-electron chi connectivity index (χ3n) is 5.38. The van der Waals surface area contributed by atoms with E-state index in [0.717, 1.165) is 18.4 Å². The van der Waals surface area contributed by atoms with E-state index in [4.69, 9.17) is 0 Å². The van der Waals surface area contributed by atoms with E-state index in [-0.39, 0.29) is 17.9 Å². The van der Waals surface area contributed by atoms with Gasteiger partial charge in [-0.3, -0.25) is 9.59 Å². The van der Waals surface area contributed by atoms with Gasteiger partial charge in [0.25, 0.3) is 11.8 Å². The summed E-state index contributed by atoms with van der Waals surface area (Å²) in [5, 5.41) is 29.0. The number of aliphatic carboxylic acids is 1. The van der Waals surface area contributed by atoms with Crippen molar-refractivity contribution in [3.05, 3.63) is 69.2 Å². The number of carboxylic acids is 1. The number of aromatic nitrogens is 2. The molecule has 10 nitrogen and oxygen atoms in total. The van der Waals surface area contributed by atoms with Crippen molar-refractivity contribution in [1.29, 1.82) is 0 Å². The maximum absolute atomic E-state index is 13.0. The lowest BCUT2D eigenvalue weighted by atomic mass is 10.1. The molecule has 0 saturated carbocycles. The Hall–Kier alpha value is -3.99. The molecule has 2 aromatic heterocycles. The van der Waals surface area contributed by atoms with Crippen LogP contribution < -0.4 is 16.0 Å². The molecule has 5 N–H and O–H groups in total. The van der Waals surface area contributed by atoms with Crippen molar-refractivity contribution < 1.29 is 24.6 Å². The zero-order valence-electron chi connectivity index (χ0n) is 20.1. The maximum Gasteiger partial charge on any atom is 0.328 e. The average molecular weight is 512 g/mol. The molecule has 0 bridgehead atoms. The number of aryl methyl sites for hydroxylation is 3. The number of rotatable bonds is 12. The van der Waals surface area contributed by atoms with Crippen molar-refractivity contribution in [3.8, 4) is 5.75 Å². The first-order chi connectivity index (χ1) is 17.3. The van der Waals surface area contributed by atoms with Crippen LogP contribution in [0.25, 0.3) is 0 Å². The zero-order valence-corrected chi connectivity index (χ0v) is 20.9. The van der Waals surface area contributed by atoms with E-state index in [1.807, 2.05) is 13.0 Å². The fraction of sp³-hybridized carbons (Fsp3) is 0.320. The Morgan fingerprint density at radius 1 is 1.11 bits per heavy atom. The lowest BCUT2D eigenvalue weighted by Crippen LogP contribution is -2.48. The predicted molar refractivity (Wildman–Crippen MR) is 137 cm³/mol. The summed E-state index contributed by atoms with van der Waals surface area (Å²) in [6.07, 6.45) is 1.99. The molecule has 1 atom stereocenters. The van der Waals surface area contributed by atoms with Crippen molar-refractivity contribution >= 4 is 35.1 Å². The number of amides is 2. The molecule has 0 fully saturated rings. The topological polar surface area (TPSA) is 154 Å². The number of aromatic hydroxyl groups is 1.